The molecule has 5 nitrogen and oxygen atoms in total. The second kappa shape index (κ2) is 7.38. The number of nitrogens with zero attached hydrogens (tertiary/aromatic N) is 2. The lowest BCUT2D eigenvalue weighted by molar-refractivity contribution is -0.914. The van der Waals surface area contributed by atoms with Crippen molar-refractivity contribution in [1.29, 1.82) is 0 Å². The number of anilines is 1. The normalized spacial score (nSPS) is 15.5. The zero-order chi connectivity index (χ0) is 17.1. The van der Waals surface area contributed by atoms with Gasteiger partial charge in [0.05, 0.1) is 31.1 Å². The molecule has 0 aromatic heterocycles. The molecule has 0 spiro atoms. The third kappa shape index (κ3) is 3.98. The molecule has 0 aliphatic carbocycles. The van der Waals surface area contributed by atoms with Crippen LogP contribution in [0.3, 0.4) is 0 Å². The van der Waals surface area contributed by atoms with Crippen molar-refractivity contribution in [2.45, 2.75) is 6.54 Å². The summed E-state index contributed by atoms with van der Waals surface area (Å²) in [6.07, 6.45) is 0. The first-order valence-corrected chi connectivity index (χ1v) is 8.55. The molecule has 3 rings (SSSR count). The molecule has 1 fully saturated rings. The zero-order valence-corrected chi connectivity index (χ0v) is 14.6. The Morgan fingerprint density at radius 2 is 1.88 bits per heavy atom. The Morgan fingerprint density at radius 1 is 1.12 bits per heavy atom. The maximum absolute atomic E-state index is 11.0. The Labute approximate surface area is 150 Å². The molecule has 0 atom stereocenters. The number of halogens is 2. The monoisotopic (exact) mass is 366 g/mol. The van der Waals surface area contributed by atoms with Crippen LogP contribution < -0.4 is 9.80 Å². The quantitative estimate of drug-likeness (QED) is 0.668. The molecule has 0 saturated carbocycles. The molecule has 2 aromatic rings. The van der Waals surface area contributed by atoms with Gasteiger partial charge >= 0.3 is 0 Å². The first-order valence-electron chi connectivity index (χ1n) is 7.80. The molecule has 126 valence electrons. The molecule has 1 aliphatic heterocycles. The van der Waals surface area contributed by atoms with Crippen LogP contribution in [0.1, 0.15) is 5.56 Å². The average molecular weight is 367 g/mol. The molecule has 1 heterocycles. The lowest BCUT2D eigenvalue weighted by Crippen LogP contribution is -3.13. The van der Waals surface area contributed by atoms with Crippen LogP contribution in [-0.2, 0) is 6.54 Å². The van der Waals surface area contributed by atoms with Gasteiger partial charge in [-0.15, -0.1) is 0 Å². The summed E-state index contributed by atoms with van der Waals surface area (Å²) < 4.78 is 0. The molecule has 1 aliphatic rings. The standard InChI is InChI=1S/C17H17Cl2N3O2/c18-14-2-1-3-15(11-14)21-8-6-20(7-9-21)12-13-4-5-16(19)17(10-13)22(23)24/h1-5,10-11H,6-9,12H2/p+1. The first kappa shape index (κ1) is 17.0. The largest absolute Gasteiger partial charge is 0.360 e. The van der Waals surface area contributed by atoms with Crippen LogP contribution in [0, 0.1) is 10.1 Å². The summed E-state index contributed by atoms with van der Waals surface area (Å²) in [5.74, 6) is 0. The molecule has 0 unspecified atom stereocenters. The highest BCUT2D eigenvalue weighted by atomic mass is 35.5. The number of benzene rings is 2. The minimum Gasteiger partial charge on any atom is -0.360 e. The topological polar surface area (TPSA) is 50.8 Å². The Bertz CT molecular complexity index is 746. The fraction of sp³-hybridized carbons (Fsp3) is 0.294. The molecular weight excluding hydrogens is 349 g/mol. The van der Waals surface area contributed by atoms with Crippen molar-refractivity contribution in [3.63, 3.8) is 0 Å². The van der Waals surface area contributed by atoms with E-state index in [0.717, 1.165) is 49.0 Å². The fourth-order valence-corrected chi connectivity index (χ4v) is 3.40. The Balaban J connectivity index is 1.61. The van der Waals surface area contributed by atoms with Crippen molar-refractivity contribution in [2.24, 2.45) is 0 Å². The van der Waals surface area contributed by atoms with Gasteiger partial charge in [0.2, 0.25) is 0 Å². The minimum absolute atomic E-state index is 0.0221. The van der Waals surface area contributed by atoms with E-state index < -0.39 is 4.92 Å². The molecule has 0 radical (unpaired) electrons. The third-order valence-corrected chi connectivity index (χ3v) is 4.86. The van der Waals surface area contributed by atoms with Crippen LogP contribution in [0.5, 0.6) is 0 Å². The van der Waals surface area contributed by atoms with Crippen molar-refractivity contribution in [3.05, 3.63) is 68.2 Å². The number of hydrogen-bond donors (Lipinski definition) is 1. The van der Waals surface area contributed by atoms with E-state index in [4.69, 9.17) is 23.2 Å². The predicted molar refractivity (Wildman–Crippen MR) is 96.2 cm³/mol. The maximum Gasteiger partial charge on any atom is 0.288 e. The van der Waals surface area contributed by atoms with E-state index in [1.54, 1.807) is 12.1 Å². The molecule has 24 heavy (non-hydrogen) atoms. The predicted octanol–water partition coefficient (Wildman–Crippen LogP) is 2.81. The molecule has 1 N–H and O–H groups in total. The molecule has 0 amide bonds. The van der Waals surface area contributed by atoms with Crippen LogP contribution in [0.25, 0.3) is 0 Å². The minimum atomic E-state index is -0.432. The van der Waals surface area contributed by atoms with Gasteiger partial charge in [-0.25, -0.2) is 0 Å². The number of quaternary nitrogens is 1. The highest BCUT2D eigenvalue weighted by Gasteiger charge is 2.22. The maximum atomic E-state index is 11.0. The Kier molecular flexibility index (Phi) is 5.23. The Hall–Kier alpha value is -1.82. The van der Waals surface area contributed by atoms with Crippen molar-refractivity contribution in [2.75, 3.05) is 31.1 Å². The summed E-state index contributed by atoms with van der Waals surface area (Å²) in [5, 5.41) is 11.9. The molecule has 7 heteroatoms. The van der Waals surface area contributed by atoms with E-state index in [1.165, 1.54) is 4.90 Å². The third-order valence-electron chi connectivity index (χ3n) is 4.31. The SMILES string of the molecule is O=[N+]([O-])c1cc(C[NH+]2CCN(c3cccc(Cl)c3)CC2)ccc1Cl. The summed E-state index contributed by atoms with van der Waals surface area (Å²) in [6.45, 7) is 4.59. The second-order valence-electron chi connectivity index (χ2n) is 5.94. The number of piperazine rings is 1. The number of rotatable bonds is 4. The van der Waals surface area contributed by atoms with Gasteiger partial charge in [0, 0.05) is 22.3 Å². The van der Waals surface area contributed by atoms with Crippen LogP contribution in [-0.4, -0.2) is 31.1 Å². The lowest BCUT2D eigenvalue weighted by atomic mass is 10.1. The smallest absolute Gasteiger partial charge is 0.288 e. The van der Waals surface area contributed by atoms with Gasteiger partial charge < -0.3 is 9.80 Å². The Morgan fingerprint density at radius 3 is 2.54 bits per heavy atom. The zero-order valence-electron chi connectivity index (χ0n) is 13.0. The molecule has 0 bridgehead atoms. The van der Waals surface area contributed by atoms with Crippen LogP contribution >= 0.6 is 23.2 Å². The van der Waals surface area contributed by atoms with E-state index in [0.29, 0.717) is 0 Å². The van der Waals surface area contributed by atoms with Crippen molar-refractivity contribution in [3.8, 4) is 0 Å². The summed E-state index contributed by atoms with van der Waals surface area (Å²) in [6, 6.07) is 12.9. The van der Waals surface area contributed by atoms with E-state index in [1.807, 2.05) is 24.3 Å². The van der Waals surface area contributed by atoms with E-state index in [-0.39, 0.29) is 10.7 Å². The fourth-order valence-electron chi connectivity index (χ4n) is 3.03. The van der Waals surface area contributed by atoms with Crippen LogP contribution in [0.4, 0.5) is 11.4 Å². The van der Waals surface area contributed by atoms with Gasteiger partial charge in [-0.2, -0.15) is 0 Å². The summed E-state index contributed by atoms with van der Waals surface area (Å²) in [7, 11) is 0. The summed E-state index contributed by atoms with van der Waals surface area (Å²) >= 11 is 11.9. The van der Waals surface area contributed by atoms with Gasteiger partial charge in [-0.05, 0) is 24.3 Å². The highest BCUT2D eigenvalue weighted by molar-refractivity contribution is 6.32. The summed E-state index contributed by atoms with van der Waals surface area (Å²) in [5.41, 5.74) is 2.06. The number of nitro groups is 1. The summed E-state index contributed by atoms with van der Waals surface area (Å²) in [4.78, 5) is 14.3. The van der Waals surface area contributed by atoms with E-state index in [2.05, 4.69) is 11.0 Å². The van der Waals surface area contributed by atoms with Crippen molar-refractivity contribution in [1.82, 2.24) is 0 Å². The van der Waals surface area contributed by atoms with Gasteiger partial charge in [0.15, 0.2) is 0 Å². The number of nitrogens with one attached hydrogen (secondary N) is 1. The van der Waals surface area contributed by atoms with Gasteiger partial charge in [0.1, 0.15) is 11.6 Å². The molecule has 1 saturated heterocycles. The molecular formula is C17H18Cl2N3O2+. The molecule has 2 aromatic carbocycles. The van der Waals surface area contributed by atoms with Gasteiger partial charge in [0.25, 0.3) is 5.69 Å². The van der Waals surface area contributed by atoms with Crippen molar-refractivity contribution < 1.29 is 9.82 Å². The average Bonchev–Trinajstić information content (AvgIpc) is 2.57. The second-order valence-corrected chi connectivity index (χ2v) is 6.78. The van der Waals surface area contributed by atoms with Crippen LogP contribution in [0.15, 0.2) is 42.5 Å². The van der Waals surface area contributed by atoms with Crippen LogP contribution in [0.2, 0.25) is 10.0 Å². The van der Waals surface area contributed by atoms with Gasteiger partial charge in [-0.1, -0.05) is 35.3 Å². The van der Waals surface area contributed by atoms with E-state index in [9.17, 15) is 10.1 Å². The first-order chi connectivity index (χ1) is 11.5. The highest BCUT2D eigenvalue weighted by Crippen LogP contribution is 2.25. The number of nitro benzene ring substituents is 1. The van der Waals surface area contributed by atoms with E-state index >= 15 is 0 Å². The van der Waals surface area contributed by atoms with Crippen molar-refractivity contribution >= 4 is 34.6 Å². The lowest BCUT2D eigenvalue weighted by Gasteiger charge is -2.33. The number of hydrogen-bond acceptors (Lipinski definition) is 3. The van der Waals surface area contributed by atoms with Gasteiger partial charge in [-0.3, -0.25) is 10.1 Å².